The number of carbonyl (C=O) groups excluding carboxylic acids is 3. The smallest absolute Gasteiger partial charge is 0.302 e. The molecule has 24 heavy (non-hydrogen) atoms. The maximum atomic E-state index is 12.6. The number of carbonyl (C=O) groups is 3. The Kier molecular flexibility index (Phi) is 6.90. The third-order valence-corrected chi connectivity index (χ3v) is 4.87. The van der Waals surface area contributed by atoms with Crippen LogP contribution in [0.25, 0.3) is 0 Å². The molecule has 2 aliphatic rings. The predicted octanol–water partition coefficient (Wildman–Crippen LogP) is 1.43. The minimum absolute atomic E-state index is 0.0917. The van der Waals surface area contributed by atoms with Gasteiger partial charge >= 0.3 is 6.03 Å². The van der Waals surface area contributed by atoms with Crippen molar-refractivity contribution in [3.63, 3.8) is 0 Å². The van der Waals surface area contributed by atoms with E-state index in [0.717, 1.165) is 51.7 Å². The van der Waals surface area contributed by atoms with E-state index < -0.39 is 23.8 Å². The zero-order valence-electron chi connectivity index (χ0n) is 14.7. The lowest BCUT2D eigenvalue weighted by Crippen LogP contribution is -2.61. The van der Waals surface area contributed by atoms with Gasteiger partial charge in [-0.3, -0.25) is 24.8 Å². The monoisotopic (exact) mass is 336 g/mol. The molecule has 1 saturated heterocycles. The van der Waals surface area contributed by atoms with Gasteiger partial charge in [0, 0.05) is 18.8 Å². The van der Waals surface area contributed by atoms with Crippen LogP contribution in [0, 0.1) is 5.92 Å². The van der Waals surface area contributed by atoms with E-state index in [9.17, 15) is 14.4 Å². The number of imide groups is 2. The van der Waals surface area contributed by atoms with E-state index in [2.05, 4.69) is 29.1 Å². The molecule has 1 N–H and O–H groups in total. The highest BCUT2D eigenvalue weighted by molar-refractivity contribution is 6.23. The number of barbiturate groups is 1. The van der Waals surface area contributed by atoms with Crippen molar-refractivity contribution < 1.29 is 14.4 Å². The first-order chi connectivity index (χ1) is 11.6. The van der Waals surface area contributed by atoms with Crippen molar-refractivity contribution in [1.29, 1.82) is 0 Å². The third-order valence-electron chi connectivity index (χ3n) is 4.87. The van der Waals surface area contributed by atoms with Crippen LogP contribution in [-0.2, 0) is 9.59 Å². The van der Waals surface area contributed by atoms with Crippen LogP contribution in [0.4, 0.5) is 4.79 Å². The van der Waals surface area contributed by atoms with Crippen LogP contribution in [0.15, 0.2) is 4.99 Å². The number of aliphatic imine (C=N–C) groups is 1. The van der Waals surface area contributed by atoms with Crippen molar-refractivity contribution in [3.8, 4) is 0 Å². The lowest BCUT2D eigenvalue weighted by atomic mass is 9.92. The molecule has 4 amide bonds. The molecule has 0 radical (unpaired) electrons. The van der Waals surface area contributed by atoms with Crippen LogP contribution in [0.5, 0.6) is 0 Å². The first-order valence-electron chi connectivity index (χ1n) is 8.98. The first-order valence-corrected chi connectivity index (χ1v) is 8.98. The molecule has 1 heterocycles. The molecular weight excluding hydrogens is 308 g/mol. The maximum absolute atomic E-state index is 12.6. The third kappa shape index (κ3) is 4.41. The largest absolute Gasteiger partial charge is 0.331 e. The highest BCUT2D eigenvalue weighted by Crippen LogP contribution is 2.25. The Labute approximate surface area is 143 Å². The topological polar surface area (TPSA) is 82.1 Å². The molecule has 134 valence electrons. The van der Waals surface area contributed by atoms with Crippen LogP contribution in [0.2, 0.25) is 0 Å². The standard InChI is InChI=1S/C17H28N4O3/c1-3-20(4-2)11-10-18-12-14-15(22)19-17(24)21(16(14)23)13-8-6-5-7-9-13/h12-14H,3-11H2,1-2H3,(H,19,22,24). The van der Waals surface area contributed by atoms with Gasteiger partial charge in [0.05, 0.1) is 6.54 Å². The van der Waals surface area contributed by atoms with Crippen molar-refractivity contribution in [2.45, 2.75) is 52.0 Å². The van der Waals surface area contributed by atoms with E-state index in [1.807, 2.05) is 0 Å². The Morgan fingerprint density at radius 2 is 1.83 bits per heavy atom. The van der Waals surface area contributed by atoms with E-state index >= 15 is 0 Å². The molecule has 7 heteroatoms. The number of amides is 4. The fourth-order valence-corrected chi connectivity index (χ4v) is 3.34. The van der Waals surface area contributed by atoms with Gasteiger partial charge < -0.3 is 4.90 Å². The van der Waals surface area contributed by atoms with E-state index in [1.165, 1.54) is 11.1 Å². The summed E-state index contributed by atoms with van der Waals surface area (Å²) in [6.45, 7) is 7.38. The summed E-state index contributed by atoms with van der Waals surface area (Å²) >= 11 is 0. The van der Waals surface area contributed by atoms with Crippen molar-refractivity contribution in [3.05, 3.63) is 0 Å². The fourth-order valence-electron chi connectivity index (χ4n) is 3.34. The molecule has 7 nitrogen and oxygen atoms in total. The molecule has 1 aliphatic heterocycles. The lowest BCUT2D eigenvalue weighted by molar-refractivity contribution is -0.141. The van der Waals surface area contributed by atoms with Crippen LogP contribution in [-0.4, -0.2) is 66.1 Å². The number of nitrogens with zero attached hydrogens (tertiary/aromatic N) is 3. The second-order valence-corrected chi connectivity index (χ2v) is 6.35. The molecule has 2 rings (SSSR count). The van der Waals surface area contributed by atoms with Gasteiger partial charge in [0.2, 0.25) is 11.8 Å². The van der Waals surface area contributed by atoms with Gasteiger partial charge in [-0.05, 0) is 25.9 Å². The molecular formula is C17H28N4O3. The molecule has 1 saturated carbocycles. The molecule has 0 bridgehead atoms. The lowest BCUT2D eigenvalue weighted by Gasteiger charge is -2.36. The molecule has 0 aromatic carbocycles. The molecule has 1 unspecified atom stereocenters. The summed E-state index contributed by atoms with van der Waals surface area (Å²) in [6.07, 6.45) is 6.20. The van der Waals surface area contributed by atoms with E-state index in [-0.39, 0.29) is 6.04 Å². The number of hydrogen-bond acceptors (Lipinski definition) is 5. The van der Waals surface area contributed by atoms with Crippen LogP contribution in [0.1, 0.15) is 46.0 Å². The Morgan fingerprint density at radius 3 is 2.46 bits per heavy atom. The highest BCUT2D eigenvalue weighted by atomic mass is 16.2. The quantitative estimate of drug-likeness (QED) is 0.563. The Balaban J connectivity index is 1.99. The van der Waals surface area contributed by atoms with Gasteiger partial charge in [-0.2, -0.15) is 0 Å². The summed E-state index contributed by atoms with van der Waals surface area (Å²) in [4.78, 5) is 44.4. The molecule has 1 atom stereocenters. The van der Waals surface area contributed by atoms with Crippen LogP contribution >= 0.6 is 0 Å². The molecule has 2 fully saturated rings. The summed E-state index contributed by atoms with van der Waals surface area (Å²) in [7, 11) is 0. The fraction of sp³-hybridized carbons (Fsp3) is 0.765. The summed E-state index contributed by atoms with van der Waals surface area (Å²) in [6, 6.07) is -0.671. The summed E-state index contributed by atoms with van der Waals surface area (Å²) < 4.78 is 0. The van der Waals surface area contributed by atoms with Gasteiger partial charge in [0.25, 0.3) is 0 Å². The van der Waals surface area contributed by atoms with E-state index in [4.69, 9.17) is 0 Å². The van der Waals surface area contributed by atoms with Gasteiger partial charge in [-0.25, -0.2) is 4.79 Å². The highest BCUT2D eigenvalue weighted by Gasteiger charge is 2.42. The average molecular weight is 336 g/mol. The zero-order chi connectivity index (χ0) is 17.5. The minimum Gasteiger partial charge on any atom is -0.302 e. The van der Waals surface area contributed by atoms with Crippen molar-refractivity contribution in [2.24, 2.45) is 10.9 Å². The number of urea groups is 1. The van der Waals surface area contributed by atoms with Gasteiger partial charge in [0.1, 0.15) is 0 Å². The van der Waals surface area contributed by atoms with Crippen molar-refractivity contribution >= 4 is 24.1 Å². The van der Waals surface area contributed by atoms with Gasteiger partial charge in [-0.1, -0.05) is 33.1 Å². The first kappa shape index (κ1) is 18.6. The summed E-state index contributed by atoms with van der Waals surface area (Å²) in [5.41, 5.74) is 0. The SMILES string of the molecule is CCN(CC)CCN=CC1C(=O)NC(=O)N(C2CCCCC2)C1=O. The Morgan fingerprint density at radius 1 is 1.17 bits per heavy atom. The zero-order valence-corrected chi connectivity index (χ0v) is 14.7. The molecule has 0 aromatic heterocycles. The van der Waals surface area contributed by atoms with Crippen molar-refractivity contribution in [1.82, 2.24) is 15.1 Å². The number of hydrogen-bond donors (Lipinski definition) is 1. The van der Waals surface area contributed by atoms with Crippen molar-refractivity contribution in [2.75, 3.05) is 26.2 Å². The number of rotatable bonds is 7. The van der Waals surface area contributed by atoms with Crippen LogP contribution < -0.4 is 5.32 Å². The average Bonchev–Trinajstić information content (AvgIpc) is 2.58. The Bertz CT molecular complexity index is 496. The summed E-state index contributed by atoms with van der Waals surface area (Å²) in [5, 5.41) is 2.30. The van der Waals surface area contributed by atoms with E-state index in [1.54, 1.807) is 0 Å². The van der Waals surface area contributed by atoms with Crippen LogP contribution in [0.3, 0.4) is 0 Å². The molecule has 0 spiro atoms. The minimum atomic E-state index is -0.985. The normalized spacial score (nSPS) is 23.4. The number of nitrogens with one attached hydrogen (secondary N) is 1. The molecule has 0 aromatic rings. The predicted molar refractivity (Wildman–Crippen MR) is 91.9 cm³/mol. The second kappa shape index (κ2) is 8.92. The number of likely N-dealkylation sites (N-methyl/N-ethyl adjacent to an activating group) is 1. The summed E-state index contributed by atoms with van der Waals surface area (Å²) in [5.74, 6) is -1.98. The van der Waals surface area contributed by atoms with Gasteiger partial charge in [0.15, 0.2) is 5.92 Å². The van der Waals surface area contributed by atoms with Gasteiger partial charge in [-0.15, -0.1) is 0 Å². The van der Waals surface area contributed by atoms with E-state index in [0.29, 0.717) is 6.54 Å². The molecule has 1 aliphatic carbocycles. The maximum Gasteiger partial charge on any atom is 0.331 e. The second-order valence-electron chi connectivity index (χ2n) is 6.35. The Hall–Kier alpha value is -1.76.